The molecule has 0 aromatic heterocycles. The highest BCUT2D eigenvalue weighted by molar-refractivity contribution is 5.76. The van der Waals surface area contributed by atoms with E-state index >= 15 is 0 Å². The van der Waals surface area contributed by atoms with E-state index in [0.717, 1.165) is 6.42 Å². The monoisotopic (exact) mass is 230 g/mol. The van der Waals surface area contributed by atoms with Crippen LogP contribution >= 0.6 is 0 Å². The first kappa shape index (κ1) is 14.8. The van der Waals surface area contributed by atoms with E-state index in [2.05, 4.69) is 0 Å². The van der Waals surface area contributed by atoms with Gasteiger partial charge in [-0.15, -0.1) is 0 Å². The van der Waals surface area contributed by atoms with Gasteiger partial charge in [0.2, 0.25) is 0 Å². The molecule has 1 rings (SSSR count). The molecular weight excluding hydrogens is 212 g/mol. The Kier molecular flexibility index (Phi) is 6.61. The van der Waals surface area contributed by atoms with Crippen molar-refractivity contribution in [1.29, 1.82) is 0 Å². The Labute approximate surface area is 95.1 Å². The average Bonchev–Trinajstić information content (AvgIpc) is 2.64. The van der Waals surface area contributed by atoms with Crippen LogP contribution in [-0.2, 0) is 23.9 Å². The normalized spacial score (nSPS) is 23.2. The van der Waals surface area contributed by atoms with Crippen LogP contribution in [0.3, 0.4) is 0 Å². The van der Waals surface area contributed by atoms with Gasteiger partial charge >= 0.3 is 12.1 Å². The molecule has 1 aliphatic rings. The fourth-order valence-electron chi connectivity index (χ4n) is 1.24. The summed E-state index contributed by atoms with van der Waals surface area (Å²) in [4.78, 5) is 27.8. The highest BCUT2D eigenvalue weighted by atomic mass is 16.5. The molecule has 0 bridgehead atoms. The van der Waals surface area contributed by atoms with Gasteiger partial charge in [-0.25, -0.2) is 0 Å². The van der Waals surface area contributed by atoms with Gasteiger partial charge in [0.05, 0.1) is 18.6 Å². The van der Waals surface area contributed by atoms with Gasteiger partial charge in [0.25, 0.3) is 0 Å². The summed E-state index contributed by atoms with van der Waals surface area (Å²) >= 11 is 0. The van der Waals surface area contributed by atoms with Crippen LogP contribution in [0.25, 0.3) is 0 Å². The molecule has 0 radical (unpaired) electrons. The average molecular weight is 230 g/mol. The first-order valence-corrected chi connectivity index (χ1v) is 5.20. The molecule has 0 aromatic carbocycles. The van der Waals surface area contributed by atoms with Crippen LogP contribution < -0.4 is 0 Å². The lowest BCUT2D eigenvalue weighted by Crippen LogP contribution is -2.31. The third-order valence-electron chi connectivity index (χ3n) is 2.26. The van der Waals surface area contributed by atoms with E-state index in [-0.39, 0.29) is 12.1 Å². The first-order valence-electron chi connectivity index (χ1n) is 5.20. The van der Waals surface area contributed by atoms with Crippen molar-refractivity contribution in [1.82, 2.24) is 0 Å². The Morgan fingerprint density at radius 2 is 2.06 bits per heavy atom. The predicted octanol–water partition coefficient (Wildman–Crippen LogP) is 1.03. The van der Waals surface area contributed by atoms with Crippen molar-refractivity contribution in [3.63, 3.8) is 0 Å². The maximum Gasteiger partial charge on any atom is 0.373 e. The summed E-state index contributed by atoms with van der Waals surface area (Å²) in [7, 11) is 0. The van der Waals surface area contributed by atoms with Gasteiger partial charge in [-0.05, 0) is 19.3 Å². The number of esters is 1. The van der Waals surface area contributed by atoms with Gasteiger partial charge in [-0.1, -0.05) is 13.8 Å². The molecular formula is C11H18O5. The van der Waals surface area contributed by atoms with Gasteiger partial charge in [0.1, 0.15) is 0 Å². The molecule has 0 aliphatic carbocycles. The third kappa shape index (κ3) is 5.05. The molecule has 1 atom stereocenters. The highest BCUT2D eigenvalue weighted by Gasteiger charge is 2.38. The van der Waals surface area contributed by atoms with E-state index in [4.69, 9.17) is 19.1 Å². The molecule has 0 aromatic rings. The van der Waals surface area contributed by atoms with E-state index in [1.165, 1.54) is 0 Å². The number of rotatable bonds is 3. The number of hydrogen-bond donors (Lipinski definition) is 0. The van der Waals surface area contributed by atoms with Crippen LogP contribution in [0.4, 0.5) is 0 Å². The van der Waals surface area contributed by atoms with E-state index in [0.29, 0.717) is 25.7 Å². The van der Waals surface area contributed by atoms with Gasteiger partial charge in [0.15, 0.2) is 0 Å². The molecule has 0 spiro atoms. The molecule has 1 saturated heterocycles. The number of ether oxygens (including phenoxy) is 2. The molecule has 0 N–H and O–H groups in total. The smallest absolute Gasteiger partial charge is 0.373 e. The molecule has 1 unspecified atom stereocenters. The Balaban J connectivity index is 0.000000673. The van der Waals surface area contributed by atoms with E-state index in [9.17, 15) is 4.79 Å². The number of carbonyl (C=O) groups is 1. The fraction of sp³-hybridized carbons (Fsp3) is 0.818. The standard InChI is InChI=1S/C10H18O3.CO2/c1-8(2)6-13-9(11)10(3)4-5-12-7-10;2-1-3/h8H,4-7H2,1-3H3;. The van der Waals surface area contributed by atoms with E-state index in [1.807, 2.05) is 20.8 Å². The summed E-state index contributed by atoms with van der Waals surface area (Å²) in [5.41, 5.74) is -0.394. The largest absolute Gasteiger partial charge is 0.465 e. The van der Waals surface area contributed by atoms with Crippen molar-refractivity contribution >= 4 is 12.1 Å². The third-order valence-corrected chi connectivity index (χ3v) is 2.26. The lowest BCUT2D eigenvalue weighted by Gasteiger charge is -2.20. The first-order chi connectivity index (χ1) is 7.46. The quantitative estimate of drug-likeness (QED) is 0.677. The van der Waals surface area contributed by atoms with Gasteiger partial charge < -0.3 is 9.47 Å². The van der Waals surface area contributed by atoms with Crippen LogP contribution in [0.2, 0.25) is 0 Å². The molecule has 1 aliphatic heterocycles. The Morgan fingerprint density at radius 1 is 1.50 bits per heavy atom. The molecule has 1 heterocycles. The predicted molar refractivity (Wildman–Crippen MR) is 54.3 cm³/mol. The SMILES string of the molecule is CC(C)COC(=O)C1(C)CCOC1.O=C=O. The van der Waals surface area contributed by atoms with E-state index in [1.54, 1.807) is 0 Å². The van der Waals surface area contributed by atoms with Crippen LogP contribution in [0, 0.1) is 11.3 Å². The zero-order chi connectivity index (χ0) is 12.6. The van der Waals surface area contributed by atoms with E-state index < -0.39 is 5.41 Å². The fourth-order valence-corrected chi connectivity index (χ4v) is 1.24. The topological polar surface area (TPSA) is 69.7 Å². The zero-order valence-electron chi connectivity index (χ0n) is 9.95. The lowest BCUT2D eigenvalue weighted by atomic mass is 9.90. The molecule has 1 fully saturated rings. The minimum absolute atomic E-state index is 0.112. The molecule has 0 saturated carbocycles. The molecule has 16 heavy (non-hydrogen) atoms. The van der Waals surface area contributed by atoms with Crippen LogP contribution in [0.5, 0.6) is 0 Å². The zero-order valence-corrected chi connectivity index (χ0v) is 9.95. The Hall–Kier alpha value is -1.19. The van der Waals surface area contributed by atoms with Gasteiger partial charge in [0, 0.05) is 6.61 Å². The number of hydrogen-bond acceptors (Lipinski definition) is 5. The number of carbonyl (C=O) groups excluding carboxylic acids is 3. The summed E-state index contributed by atoms with van der Waals surface area (Å²) < 4.78 is 10.4. The molecule has 0 amide bonds. The maximum absolute atomic E-state index is 11.6. The van der Waals surface area contributed by atoms with Crippen LogP contribution in [-0.4, -0.2) is 31.9 Å². The Morgan fingerprint density at radius 3 is 2.44 bits per heavy atom. The Bertz CT molecular complexity index is 247. The minimum Gasteiger partial charge on any atom is -0.465 e. The van der Waals surface area contributed by atoms with Gasteiger partial charge in [-0.2, -0.15) is 9.59 Å². The highest BCUT2D eigenvalue weighted by Crippen LogP contribution is 2.29. The summed E-state index contributed by atoms with van der Waals surface area (Å²) in [6.45, 7) is 7.65. The van der Waals surface area contributed by atoms with Crippen molar-refractivity contribution in [2.24, 2.45) is 11.3 Å². The second-order valence-corrected chi connectivity index (χ2v) is 4.44. The molecule has 5 nitrogen and oxygen atoms in total. The molecule has 92 valence electrons. The van der Waals surface area contributed by atoms with Crippen molar-refractivity contribution in [3.05, 3.63) is 0 Å². The van der Waals surface area contributed by atoms with Crippen molar-refractivity contribution in [3.8, 4) is 0 Å². The van der Waals surface area contributed by atoms with Gasteiger partial charge in [-0.3, -0.25) is 4.79 Å². The van der Waals surface area contributed by atoms with Crippen LogP contribution in [0.15, 0.2) is 0 Å². The maximum atomic E-state index is 11.6. The second-order valence-electron chi connectivity index (χ2n) is 4.44. The summed E-state index contributed by atoms with van der Waals surface area (Å²) in [5.74, 6) is 0.286. The van der Waals surface area contributed by atoms with Crippen LogP contribution in [0.1, 0.15) is 27.2 Å². The van der Waals surface area contributed by atoms with Crippen molar-refractivity contribution in [2.75, 3.05) is 19.8 Å². The van der Waals surface area contributed by atoms with Crippen molar-refractivity contribution in [2.45, 2.75) is 27.2 Å². The minimum atomic E-state index is -0.394. The second kappa shape index (κ2) is 7.14. The summed E-state index contributed by atoms with van der Waals surface area (Å²) in [5, 5.41) is 0. The van der Waals surface area contributed by atoms with Crippen molar-refractivity contribution < 1.29 is 23.9 Å². The lowest BCUT2D eigenvalue weighted by molar-refractivity contribution is -0.191. The molecule has 5 heteroatoms. The summed E-state index contributed by atoms with van der Waals surface area (Å²) in [6.07, 6.45) is 1.03. The summed E-state index contributed by atoms with van der Waals surface area (Å²) in [6, 6.07) is 0.